The van der Waals surface area contributed by atoms with Crippen LogP contribution in [0.1, 0.15) is 77.0 Å². The number of aliphatic hydroxyl groups excluding tert-OH is 1. The van der Waals surface area contributed by atoms with Gasteiger partial charge in [0.2, 0.25) is 5.82 Å². The van der Waals surface area contributed by atoms with Gasteiger partial charge in [0.15, 0.2) is 17.5 Å². The van der Waals surface area contributed by atoms with Crippen molar-refractivity contribution >= 4 is 23.2 Å². The van der Waals surface area contributed by atoms with Gasteiger partial charge in [-0.15, -0.1) is 0 Å². The fraction of sp³-hybridized carbons (Fsp3) is 0.400. The maximum absolute atomic E-state index is 13.1. The van der Waals surface area contributed by atoms with Gasteiger partial charge in [0, 0.05) is 35.3 Å². The van der Waals surface area contributed by atoms with Crippen LogP contribution in [0, 0.1) is 0 Å². The zero-order valence-corrected chi connectivity index (χ0v) is 21.1. The van der Waals surface area contributed by atoms with E-state index in [1.165, 1.54) is 36.2 Å². The Kier molecular flexibility index (Phi) is 6.05. The minimum Gasteiger partial charge on any atom is -0.383 e. The first kappa shape index (κ1) is 25.9. The number of aliphatic hydroxyl groups is 1. The first-order valence-corrected chi connectivity index (χ1v) is 12.6. The topological polar surface area (TPSA) is 168 Å². The van der Waals surface area contributed by atoms with Gasteiger partial charge in [-0.3, -0.25) is 19.7 Å². The monoisotopic (exact) mass is 555 g/mol. The Morgan fingerprint density at radius 3 is 2.45 bits per heavy atom. The molecule has 0 aromatic carbocycles. The van der Waals surface area contributed by atoms with Gasteiger partial charge in [0.05, 0.1) is 23.1 Å². The minimum atomic E-state index is -4.85. The summed E-state index contributed by atoms with van der Waals surface area (Å²) in [7, 11) is 0. The van der Waals surface area contributed by atoms with E-state index in [1.807, 2.05) is 4.90 Å². The summed E-state index contributed by atoms with van der Waals surface area (Å²) in [6, 6.07) is 2.31. The summed E-state index contributed by atoms with van der Waals surface area (Å²) in [6.45, 7) is 1.40. The Labute approximate surface area is 224 Å². The quantitative estimate of drug-likeness (QED) is 0.314. The van der Waals surface area contributed by atoms with Crippen LogP contribution in [0.25, 0.3) is 16.8 Å². The van der Waals surface area contributed by atoms with Gasteiger partial charge in [-0.05, 0) is 38.7 Å². The summed E-state index contributed by atoms with van der Waals surface area (Å²) in [5.74, 6) is -0.396. The summed E-state index contributed by atoms with van der Waals surface area (Å²) in [4.78, 5) is 40.3. The summed E-state index contributed by atoms with van der Waals surface area (Å²) in [5.41, 5.74) is 7.83. The molecule has 4 aromatic rings. The lowest BCUT2D eigenvalue weighted by Gasteiger charge is -2.38. The number of anilines is 1. The first-order chi connectivity index (χ1) is 19.0. The van der Waals surface area contributed by atoms with Gasteiger partial charge in [0.25, 0.3) is 5.91 Å². The number of hydrogen-bond acceptors (Lipinski definition) is 9. The molecule has 6 heterocycles. The van der Waals surface area contributed by atoms with Crippen molar-refractivity contribution in [2.24, 2.45) is 0 Å². The molecular weight excluding hydrogens is 531 g/mol. The first-order valence-electron chi connectivity index (χ1n) is 12.6. The van der Waals surface area contributed by atoms with Gasteiger partial charge in [-0.1, -0.05) is 6.07 Å². The number of aromatic amines is 1. The molecule has 208 valence electrons. The molecule has 4 aromatic heterocycles. The highest BCUT2D eigenvalue weighted by atomic mass is 19.4. The average Bonchev–Trinajstić information content (AvgIpc) is 3.65. The fourth-order valence-electron chi connectivity index (χ4n) is 5.95. The molecule has 12 nitrogen and oxygen atoms in total. The number of halogens is 3. The maximum atomic E-state index is 13.1. The molecule has 4 atom stereocenters. The molecule has 0 spiro atoms. The van der Waals surface area contributed by atoms with E-state index >= 15 is 0 Å². The zero-order valence-electron chi connectivity index (χ0n) is 21.1. The van der Waals surface area contributed by atoms with Gasteiger partial charge in [0.1, 0.15) is 12.1 Å². The number of fused-ring (bicyclic) bond motifs is 3. The number of nitrogens with one attached hydrogen (secondary N) is 1. The van der Waals surface area contributed by atoms with Crippen molar-refractivity contribution in [3.8, 4) is 11.1 Å². The Morgan fingerprint density at radius 1 is 1.15 bits per heavy atom. The molecule has 4 N–H and O–H groups in total. The van der Waals surface area contributed by atoms with Crippen molar-refractivity contribution in [3.05, 3.63) is 53.6 Å². The van der Waals surface area contributed by atoms with Gasteiger partial charge in [-0.25, -0.2) is 9.97 Å². The summed E-state index contributed by atoms with van der Waals surface area (Å²) in [6.07, 6.45) is -0.891. The van der Waals surface area contributed by atoms with E-state index in [-0.39, 0.29) is 46.9 Å². The SMILES string of the molecule is CC(=O)c1c(C2C[C@H]3CC[C@@H](C2)N3C(=O)c2ncn[nH]2)nc2c(-c3ccc([C@@H](O)C(F)(F)F)nc3)cnn2c1N. The molecule has 15 heteroatoms. The molecule has 40 heavy (non-hydrogen) atoms. The average molecular weight is 556 g/mol. The third-order valence-electron chi connectivity index (χ3n) is 7.72. The van der Waals surface area contributed by atoms with Crippen LogP contribution in [0.15, 0.2) is 30.9 Å². The molecule has 2 fully saturated rings. The van der Waals surface area contributed by atoms with Gasteiger partial charge >= 0.3 is 6.18 Å². The second-order valence-electron chi connectivity index (χ2n) is 10.1. The summed E-state index contributed by atoms with van der Waals surface area (Å²) < 4.78 is 40.0. The molecule has 2 bridgehead atoms. The lowest BCUT2D eigenvalue weighted by atomic mass is 9.85. The standard InChI is InChI=1S/C25H24F3N9O3/c1-11(38)18-19(13-6-14-3-4-15(7-13)36(14)24(40)22-31-10-32-35-22)34-23-16(9-33-37(23)21(18)29)12-2-5-17(30-8-12)20(39)25(26,27)28/h2,5,8-10,13-15,20,39H,3-4,6-7,29H2,1H3,(H,31,32,35)/t13?,14-,15+,20-/m1/s1. The highest BCUT2D eigenvalue weighted by Crippen LogP contribution is 2.45. The number of alkyl halides is 3. The lowest BCUT2D eigenvalue weighted by molar-refractivity contribution is -0.207. The largest absolute Gasteiger partial charge is 0.420 e. The Balaban J connectivity index is 1.37. The van der Waals surface area contributed by atoms with E-state index in [1.54, 1.807) is 0 Å². The fourth-order valence-corrected chi connectivity index (χ4v) is 5.95. The van der Waals surface area contributed by atoms with E-state index in [0.29, 0.717) is 35.3 Å². The second kappa shape index (κ2) is 9.36. The molecule has 1 unspecified atom stereocenters. The molecule has 2 aliphatic heterocycles. The van der Waals surface area contributed by atoms with E-state index < -0.39 is 18.0 Å². The van der Waals surface area contributed by atoms with Crippen molar-refractivity contribution < 1.29 is 27.9 Å². The molecule has 1 amide bonds. The molecule has 0 radical (unpaired) electrons. The van der Waals surface area contributed by atoms with Gasteiger partial charge in [-0.2, -0.15) is 27.9 Å². The Hall–Kier alpha value is -4.40. The number of aromatic nitrogens is 7. The molecule has 0 aliphatic carbocycles. The molecular formula is C25H24F3N9O3. The number of carbonyl (C=O) groups excluding carboxylic acids is 2. The lowest BCUT2D eigenvalue weighted by Crippen LogP contribution is -2.46. The number of nitrogen functional groups attached to an aromatic ring is 1. The number of carbonyl (C=O) groups is 2. The Bertz CT molecular complexity index is 1590. The second-order valence-corrected chi connectivity index (χ2v) is 10.1. The van der Waals surface area contributed by atoms with Crippen LogP contribution in [0.2, 0.25) is 0 Å². The van der Waals surface area contributed by atoms with Crippen molar-refractivity contribution in [2.45, 2.75) is 62.9 Å². The predicted octanol–water partition coefficient (Wildman–Crippen LogP) is 2.84. The number of piperidine rings is 1. The number of hydrogen-bond donors (Lipinski definition) is 3. The number of pyridine rings is 1. The van der Waals surface area contributed by atoms with Crippen molar-refractivity contribution in [3.63, 3.8) is 0 Å². The van der Waals surface area contributed by atoms with Crippen molar-refractivity contribution in [2.75, 3.05) is 5.73 Å². The van der Waals surface area contributed by atoms with Crippen molar-refractivity contribution in [1.29, 1.82) is 0 Å². The van der Waals surface area contributed by atoms with Crippen molar-refractivity contribution in [1.82, 2.24) is 39.7 Å². The number of Topliss-reactive ketones (excluding diaryl/α,β-unsaturated/α-hetero) is 1. The maximum Gasteiger partial charge on any atom is 0.420 e. The van der Waals surface area contributed by atoms with Crippen LogP contribution in [0.5, 0.6) is 0 Å². The molecule has 0 saturated carbocycles. The normalized spacial score (nSPS) is 21.6. The number of rotatable bonds is 5. The molecule has 2 saturated heterocycles. The zero-order chi connectivity index (χ0) is 28.3. The van der Waals surface area contributed by atoms with Gasteiger partial charge < -0.3 is 15.7 Å². The van der Waals surface area contributed by atoms with Crippen LogP contribution < -0.4 is 5.73 Å². The number of H-pyrrole nitrogens is 1. The van der Waals surface area contributed by atoms with E-state index in [4.69, 9.17) is 10.7 Å². The number of ketones is 1. The van der Waals surface area contributed by atoms with Crippen LogP contribution >= 0.6 is 0 Å². The van der Waals surface area contributed by atoms with Crippen LogP contribution in [-0.2, 0) is 0 Å². The molecule has 2 aliphatic rings. The summed E-state index contributed by atoms with van der Waals surface area (Å²) in [5, 5.41) is 20.2. The third kappa shape index (κ3) is 4.16. The van der Waals surface area contributed by atoms with Crippen LogP contribution in [0.4, 0.5) is 19.0 Å². The molecule has 6 rings (SSSR count). The third-order valence-corrected chi connectivity index (χ3v) is 7.72. The number of nitrogens with two attached hydrogens (primary N) is 1. The smallest absolute Gasteiger partial charge is 0.383 e. The Morgan fingerprint density at radius 2 is 1.88 bits per heavy atom. The van der Waals surface area contributed by atoms with E-state index in [0.717, 1.165) is 18.9 Å². The number of amides is 1. The van der Waals surface area contributed by atoms with E-state index in [9.17, 15) is 27.9 Å². The summed E-state index contributed by atoms with van der Waals surface area (Å²) >= 11 is 0. The van der Waals surface area contributed by atoms with Crippen LogP contribution in [-0.4, -0.2) is 74.7 Å². The minimum absolute atomic E-state index is 0.0819. The predicted molar refractivity (Wildman–Crippen MR) is 133 cm³/mol. The van der Waals surface area contributed by atoms with Crippen LogP contribution in [0.3, 0.4) is 0 Å². The van der Waals surface area contributed by atoms with E-state index in [2.05, 4.69) is 25.3 Å². The number of nitrogens with zero attached hydrogens (tertiary/aromatic N) is 7. The highest BCUT2D eigenvalue weighted by molar-refractivity contribution is 6.00. The highest BCUT2D eigenvalue weighted by Gasteiger charge is 2.46.